The van der Waals surface area contributed by atoms with E-state index in [1.165, 1.54) is 7.11 Å². The number of anilines is 1. The molecule has 1 N–H and O–H groups in total. The first-order chi connectivity index (χ1) is 14.8. The molecule has 2 aromatic heterocycles. The van der Waals surface area contributed by atoms with Gasteiger partial charge in [0.15, 0.2) is 0 Å². The van der Waals surface area contributed by atoms with Gasteiger partial charge in [0.05, 0.1) is 24.1 Å². The van der Waals surface area contributed by atoms with Crippen LogP contribution in [0.3, 0.4) is 0 Å². The van der Waals surface area contributed by atoms with E-state index in [4.69, 9.17) is 9.72 Å². The van der Waals surface area contributed by atoms with Crippen molar-refractivity contribution in [1.82, 2.24) is 14.9 Å². The number of methoxy groups -OCH3 is 1. The number of aromatic nitrogens is 2. The van der Waals surface area contributed by atoms with Crippen molar-refractivity contribution in [1.29, 1.82) is 0 Å². The molecule has 1 aromatic carbocycles. The molecule has 0 saturated carbocycles. The van der Waals surface area contributed by atoms with E-state index in [9.17, 15) is 9.59 Å². The van der Waals surface area contributed by atoms with E-state index in [0.29, 0.717) is 10.9 Å². The molecule has 0 bridgehead atoms. The Labute approximate surface area is 185 Å². The number of hydrogen-bond acceptors (Lipinski definition) is 7. The summed E-state index contributed by atoms with van der Waals surface area (Å²) in [5.74, 6) is 0.398. The second kappa shape index (κ2) is 8.43. The number of carbonyl (C=O) groups excluding carboxylic acids is 1. The van der Waals surface area contributed by atoms with Crippen molar-refractivity contribution in [2.24, 2.45) is 0 Å². The predicted molar refractivity (Wildman–Crippen MR) is 124 cm³/mol. The average molecular weight is 441 g/mol. The van der Waals surface area contributed by atoms with Gasteiger partial charge in [0, 0.05) is 36.2 Å². The third-order valence-electron chi connectivity index (χ3n) is 6.28. The molecule has 31 heavy (non-hydrogen) atoms. The van der Waals surface area contributed by atoms with Crippen LogP contribution >= 0.6 is 11.3 Å². The maximum atomic E-state index is 12.7. The highest BCUT2D eigenvalue weighted by Crippen LogP contribution is 2.29. The summed E-state index contributed by atoms with van der Waals surface area (Å²) in [6.45, 7) is 10.9. The number of thiophene rings is 1. The van der Waals surface area contributed by atoms with Crippen LogP contribution in [0.1, 0.15) is 46.5 Å². The van der Waals surface area contributed by atoms with Crippen molar-refractivity contribution in [3.05, 3.63) is 56.4 Å². The Bertz CT molecular complexity index is 1170. The summed E-state index contributed by atoms with van der Waals surface area (Å²) in [6, 6.07) is 7.82. The molecule has 7 nitrogen and oxygen atoms in total. The molecule has 0 amide bonds. The molecule has 3 aromatic rings. The maximum Gasteiger partial charge on any atom is 0.337 e. The first-order valence-corrected chi connectivity index (χ1v) is 11.3. The van der Waals surface area contributed by atoms with Crippen LogP contribution < -0.4 is 10.5 Å². The van der Waals surface area contributed by atoms with E-state index < -0.39 is 0 Å². The number of nitrogens with one attached hydrogen (secondary N) is 1. The van der Waals surface area contributed by atoms with E-state index in [1.54, 1.807) is 23.5 Å². The Morgan fingerprint density at radius 2 is 1.97 bits per heavy atom. The molecule has 1 aliphatic heterocycles. The number of benzene rings is 1. The number of ether oxygens (including phenoxy) is 1. The number of aryl methyl sites for hydroxylation is 2. The van der Waals surface area contributed by atoms with Gasteiger partial charge in [-0.2, -0.15) is 0 Å². The second-order valence-electron chi connectivity index (χ2n) is 8.16. The van der Waals surface area contributed by atoms with Crippen molar-refractivity contribution < 1.29 is 9.53 Å². The van der Waals surface area contributed by atoms with Gasteiger partial charge in [-0.3, -0.25) is 9.69 Å². The van der Waals surface area contributed by atoms with Crippen LogP contribution in [0.15, 0.2) is 29.1 Å². The SMILES string of the molecule is COC(=O)c1ccc(N2CCN(C(C)c3nc4sc(C)c(C)c4c(=O)[nH]3)C(C)C2)cc1. The van der Waals surface area contributed by atoms with Crippen LogP contribution in [-0.2, 0) is 4.74 Å². The Balaban J connectivity index is 1.50. The molecular formula is C23H28N4O3S. The van der Waals surface area contributed by atoms with E-state index in [2.05, 4.69) is 28.6 Å². The van der Waals surface area contributed by atoms with Gasteiger partial charge < -0.3 is 14.6 Å². The third-order valence-corrected chi connectivity index (χ3v) is 7.38. The number of hydrogen-bond donors (Lipinski definition) is 1. The summed E-state index contributed by atoms with van der Waals surface area (Å²) < 4.78 is 4.77. The molecule has 2 atom stereocenters. The molecule has 0 spiro atoms. The lowest BCUT2D eigenvalue weighted by atomic mass is 10.1. The number of nitrogens with zero attached hydrogens (tertiary/aromatic N) is 3. The van der Waals surface area contributed by atoms with E-state index in [0.717, 1.165) is 46.4 Å². The first-order valence-electron chi connectivity index (χ1n) is 10.5. The van der Waals surface area contributed by atoms with Crippen molar-refractivity contribution >= 4 is 33.2 Å². The normalized spacial score (nSPS) is 18.4. The molecule has 4 rings (SSSR count). The number of aromatic amines is 1. The standard InChI is InChI=1S/C23H28N4O3S/c1-13-12-26(18-8-6-17(7-9-18)23(29)30-5)10-11-27(13)15(3)20-24-21(28)19-14(2)16(4)31-22(19)25-20/h6-9,13,15H,10-12H2,1-5H3,(H,24,25,28). The zero-order chi connectivity index (χ0) is 22.3. The third kappa shape index (κ3) is 3.97. The molecule has 3 heterocycles. The first kappa shape index (κ1) is 21.5. The summed E-state index contributed by atoms with van der Waals surface area (Å²) in [5.41, 5.74) is 2.61. The van der Waals surface area contributed by atoms with Crippen LogP contribution in [0.25, 0.3) is 10.2 Å². The van der Waals surface area contributed by atoms with Crippen molar-refractivity contribution in [3.8, 4) is 0 Å². The molecule has 164 valence electrons. The van der Waals surface area contributed by atoms with Gasteiger partial charge in [-0.05, 0) is 57.5 Å². The smallest absolute Gasteiger partial charge is 0.337 e. The van der Waals surface area contributed by atoms with E-state index >= 15 is 0 Å². The average Bonchev–Trinajstić information content (AvgIpc) is 3.06. The maximum absolute atomic E-state index is 12.7. The van der Waals surface area contributed by atoms with Crippen LogP contribution in [0.5, 0.6) is 0 Å². The molecule has 1 saturated heterocycles. The monoisotopic (exact) mass is 440 g/mol. The van der Waals surface area contributed by atoms with Crippen LogP contribution in [0.2, 0.25) is 0 Å². The molecule has 2 unspecified atom stereocenters. The van der Waals surface area contributed by atoms with Gasteiger partial charge >= 0.3 is 5.97 Å². The minimum absolute atomic E-state index is 0.0127. The van der Waals surface area contributed by atoms with Gasteiger partial charge in [0.2, 0.25) is 0 Å². The molecule has 0 radical (unpaired) electrons. The predicted octanol–water partition coefficient (Wildman–Crippen LogP) is 3.66. The largest absolute Gasteiger partial charge is 0.465 e. The zero-order valence-corrected chi connectivity index (χ0v) is 19.4. The van der Waals surface area contributed by atoms with Gasteiger partial charge in [-0.25, -0.2) is 9.78 Å². The minimum Gasteiger partial charge on any atom is -0.465 e. The highest BCUT2D eigenvalue weighted by molar-refractivity contribution is 7.18. The molecular weight excluding hydrogens is 412 g/mol. The lowest BCUT2D eigenvalue weighted by molar-refractivity contribution is 0.0600. The molecule has 0 aliphatic carbocycles. The fraction of sp³-hybridized carbons (Fsp3) is 0.435. The number of rotatable bonds is 4. The van der Waals surface area contributed by atoms with Crippen molar-refractivity contribution in [2.75, 3.05) is 31.6 Å². The Morgan fingerprint density at radius 3 is 2.61 bits per heavy atom. The number of esters is 1. The van der Waals surface area contributed by atoms with Gasteiger partial charge in [-0.15, -0.1) is 11.3 Å². The zero-order valence-electron chi connectivity index (χ0n) is 18.6. The highest BCUT2D eigenvalue weighted by Gasteiger charge is 2.30. The Hall–Kier alpha value is -2.71. The summed E-state index contributed by atoms with van der Waals surface area (Å²) in [4.78, 5) is 38.8. The second-order valence-corrected chi connectivity index (χ2v) is 9.37. The minimum atomic E-state index is -0.326. The molecule has 8 heteroatoms. The number of fused-ring (bicyclic) bond motifs is 1. The van der Waals surface area contributed by atoms with Crippen LogP contribution in [-0.4, -0.2) is 53.6 Å². The number of H-pyrrole nitrogens is 1. The summed E-state index contributed by atoms with van der Waals surface area (Å²) >= 11 is 1.58. The van der Waals surface area contributed by atoms with E-state index in [-0.39, 0.29) is 23.6 Å². The highest BCUT2D eigenvalue weighted by atomic mass is 32.1. The van der Waals surface area contributed by atoms with Crippen molar-refractivity contribution in [2.45, 2.75) is 39.8 Å². The lowest BCUT2D eigenvalue weighted by Crippen LogP contribution is -2.53. The summed E-state index contributed by atoms with van der Waals surface area (Å²) in [5, 5.41) is 0.715. The fourth-order valence-electron chi connectivity index (χ4n) is 4.33. The van der Waals surface area contributed by atoms with Crippen LogP contribution in [0, 0.1) is 13.8 Å². The Kier molecular flexibility index (Phi) is 5.85. The molecule has 1 fully saturated rings. The van der Waals surface area contributed by atoms with Gasteiger partial charge in [0.25, 0.3) is 5.56 Å². The summed E-state index contributed by atoms with van der Waals surface area (Å²) in [7, 11) is 1.39. The lowest BCUT2D eigenvalue weighted by Gasteiger charge is -2.43. The van der Waals surface area contributed by atoms with Crippen LogP contribution in [0.4, 0.5) is 5.69 Å². The van der Waals surface area contributed by atoms with Crippen molar-refractivity contribution in [3.63, 3.8) is 0 Å². The van der Waals surface area contributed by atoms with E-state index in [1.807, 2.05) is 26.0 Å². The topological polar surface area (TPSA) is 78.5 Å². The van der Waals surface area contributed by atoms with Gasteiger partial charge in [-0.1, -0.05) is 0 Å². The fourth-order valence-corrected chi connectivity index (χ4v) is 5.37. The number of carbonyl (C=O) groups is 1. The number of piperazine rings is 1. The quantitative estimate of drug-likeness (QED) is 0.624. The summed E-state index contributed by atoms with van der Waals surface area (Å²) in [6.07, 6.45) is 0. The molecule has 1 aliphatic rings. The Morgan fingerprint density at radius 1 is 1.26 bits per heavy atom. The van der Waals surface area contributed by atoms with Gasteiger partial charge in [0.1, 0.15) is 10.7 Å².